The Labute approximate surface area is 333 Å². The van der Waals surface area contributed by atoms with Crippen LogP contribution in [0.15, 0.2) is 199 Å². The number of rotatable bonds is 5. The highest BCUT2D eigenvalue weighted by Gasteiger charge is 2.19. The molecule has 3 heterocycles. The largest absolute Gasteiger partial charge is 0.456 e. The van der Waals surface area contributed by atoms with E-state index in [0.717, 1.165) is 55.4 Å². The molecule has 0 fully saturated rings. The van der Waals surface area contributed by atoms with E-state index < -0.39 is 0 Å². The Balaban J connectivity index is 1.02. The molecule has 12 rings (SSSR count). The highest BCUT2D eigenvalue weighted by Crippen LogP contribution is 2.40. The fraction of sp³-hybridized carbons (Fsp3) is 0. The minimum atomic E-state index is 0.599. The van der Waals surface area contributed by atoms with Crippen LogP contribution in [0.2, 0.25) is 0 Å². The van der Waals surface area contributed by atoms with Crippen LogP contribution in [-0.2, 0) is 0 Å². The minimum Gasteiger partial charge on any atom is -0.456 e. The number of para-hydroxylation sites is 1. The summed E-state index contributed by atoms with van der Waals surface area (Å²) in [7, 11) is 0. The van der Waals surface area contributed by atoms with E-state index in [0.29, 0.717) is 17.5 Å². The molecule has 0 atom stereocenters. The zero-order valence-electron chi connectivity index (χ0n) is 31.2. The first-order valence-electron chi connectivity index (χ1n) is 19.5. The van der Waals surface area contributed by atoms with Gasteiger partial charge in [0.1, 0.15) is 11.2 Å². The summed E-state index contributed by atoms with van der Waals surface area (Å²) in [4.78, 5) is 15.1. The summed E-state index contributed by atoms with van der Waals surface area (Å²) >= 11 is 0. The summed E-state index contributed by atoms with van der Waals surface area (Å²) < 4.78 is 8.90. The fourth-order valence-corrected chi connectivity index (χ4v) is 8.68. The molecule has 3 aromatic heterocycles. The molecule has 12 aromatic rings. The van der Waals surface area contributed by atoms with Crippen molar-refractivity contribution in [1.29, 1.82) is 0 Å². The zero-order valence-corrected chi connectivity index (χ0v) is 31.2. The molecule has 270 valence electrons. The van der Waals surface area contributed by atoms with Gasteiger partial charge in [-0.1, -0.05) is 146 Å². The molecular weight excluding hydrogens is 709 g/mol. The lowest BCUT2D eigenvalue weighted by Crippen LogP contribution is -2.00. The third-order valence-electron chi connectivity index (χ3n) is 11.4. The van der Waals surface area contributed by atoms with E-state index in [1.54, 1.807) is 0 Å². The second-order valence-corrected chi connectivity index (χ2v) is 14.8. The normalized spacial score (nSPS) is 11.8. The van der Waals surface area contributed by atoms with Gasteiger partial charge in [0, 0.05) is 43.9 Å². The van der Waals surface area contributed by atoms with Crippen LogP contribution in [-0.4, -0.2) is 19.5 Å². The van der Waals surface area contributed by atoms with E-state index >= 15 is 0 Å². The predicted molar refractivity (Wildman–Crippen MR) is 238 cm³/mol. The quantitative estimate of drug-likeness (QED) is 0.165. The summed E-state index contributed by atoms with van der Waals surface area (Å²) in [6.45, 7) is 0. The maximum Gasteiger partial charge on any atom is 0.164 e. The molecule has 0 amide bonds. The van der Waals surface area contributed by atoms with Gasteiger partial charge in [0.15, 0.2) is 17.5 Å². The van der Waals surface area contributed by atoms with Gasteiger partial charge in [-0.25, -0.2) is 15.0 Å². The maximum atomic E-state index is 6.50. The summed E-state index contributed by atoms with van der Waals surface area (Å²) in [6, 6.07) is 68.2. The van der Waals surface area contributed by atoms with Crippen molar-refractivity contribution in [2.24, 2.45) is 0 Å². The van der Waals surface area contributed by atoms with Crippen molar-refractivity contribution in [1.82, 2.24) is 19.5 Å². The van der Waals surface area contributed by atoms with Crippen LogP contribution in [0.1, 0.15) is 0 Å². The molecule has 0 aliphatic rings. The first-order valence-corrected chi connectivity index (χ1v) is 19.5. The molecule has 0 saturated heterocycles. The van der Waals surface area contributed by atoms with Crippen LogP contribution >= 0.6 is 0 Å². The minimum absolute atomic E-state index is 0.599. The molecule has 0 spiro atoms. The number of hydrogen-bond donors (Lipinski definition) is 0. The standard InChI is InChI=1S/C53H32N4O/c1-3-13-35(14-4-1)51-54-52(36-15-5-2-6-16-36)56-53(55-51)42-19-11-21-49-50(42)45-31-38(26-29-48(45)58-49)37-25-28-47-44(30-37)41-18-9-10-20-46(41)57(47)39-27-24-34-23-22-33-12-7-8-17-40(33)43(34)32-39/h1-32H. The summed E-state index contributed by atoms with van der Waals surface area (Å²) in [5, 5.41) is 9.41. The zero-order chi connectivity index (χ0) is 38.2. The van der Waals surface area contributed by atoms with Crippen molar-refractivity contribution >= 4 is 65.3 Å². The molecule has 0 bridgehead atoms. The third kappa shape index (κ3) is 5.14. The van der Waals surface area contributed by atoms with Gasteiger partial charge in [0.25, 0.3) is 0 Å². The monoisotopic (exact) mass is 740 g/mol. The number of nitrogens with zero attached hydrogens (tertiary/aromatic N) is 4. The molecule has 0 aliphatic heterocycles. The molecule has 5 heteroatoms. The average molecular weight is 741 g/mol. The fourth-order valence-electron chi connectivity index (χ4n) is 8.68. The molecule has 5 nitrogen and oxygen atoms in total. The molecular formula is C53H32N4O. The van der Waals surface area contributed by atoms with Gasteiger partial charge in [0.05, 0.1) is 11.0 Å². The highest BCUT2D eigenvalue weighted by molar-refractivity contribution is 6.14. The Morgan fingerprint density at radius 3 is 1.72 bits per heavy atom. The Kier molecular flexibility index (Phi) is 7.16. The molecule has 0 radical (unpaired) electrons. The van der Waals surface area contributed by atoms with Crippen LogP contribution in [0.5, 0.6) is 0 Å². The second-order valence-electron chi connectivity index (χ2n) is 14.8. The Bertz CT molecular complexity index is 3510. The van der Waals surface area contributed by atoms with Gasteiger partial charge in [0.2, 0.25) is 0 Å². The van der Waals surface area contributed by atoms with Crippen LogP contribution in [0, 0.1) is 0 Å². The molecule has 0 aliphatic carbocycles. The van der Waals surface area contributed by atoms with E-state index in [9.17, 15) is 0 Å². The Morgan fingerprint density at radius 2 is 0.948 bits per heavy atom. The van der Waals surface area contributed by atoms with Gasteiger partial charge in [-0.05, 0) is 81.2 Å². The van der Waals surface area contributed by atoms with E-state index in [4.69, 9.17) is 19.4 Å². The lowest BCUT2D eigenvalue weighted by molar-refractivity contribution is 0.669. The van der Waals surface area contributed by atoms with Gasteiger partial charge in [-0.2, -0.15) is 0 Å². The second kappa shape index (κ2) is 12.8. The molecule has 9 aromatic carbocycles. The van der Waals surface area contributed by atoms with Crippen molar-refractivity contribution in [3.05, 3.63) is 194 Å². The van der Waals surface area contributed by atoms with Crippen molar-refractivity contribution in [2.75, 3.05) is 0 Å². The number of fused-ring (bicyclic) bond motifs is 9. The molecule has 0 N–H and O–H groups in total. The van der Waals surface area contributed by atoms with Crippen molar-refractivity contribution in [3.63, 3.8) is 0 Å². The molecule has 0 unspecified atom stereocenters. The molecule has 0 saturated carbocycles. The first kappa shape index (κ1) is 32.4. The first-order chi connectivity index (χ1) is 28.7. The summed E-state index contributed by atoms with van der Waals surface area (Å²) in [6.07, 6.45) is 0. The number of aromatic nitrogens is 4. The lowest BCUT2D eigenvalue weighted by atomic mass is 9.99. The third-order valence-corrected chi connectivity index (χ3v) is 11.4. The van der Waals surface area contributed by atoms with Crippen LogP contribution in [0.4, 0.5) is 0 Å². The predicted octanol–water partition coefficient (Wildman–Crippen LogP) is 13.8. The van der Waals surface area contributed by atoms with Crippen LogP contribution in [0.3, 0.4) is 0 Å². The molecule has 58 heavy (non-hydrogen) atoms. The Morgan fingerprint density at radius 1 is 0.345 bits per heavy atom. The summed E-state index contributed by atoms with van der Waals surface area (Å²) in [5.74, 6) is 1.85. The van der Waals surface area contributed by atoms with Crippen molar-refractivity contribution in [2.45, 2.75) is 0 Å². The van der Waals surface area contributed by atoms with Crippen molar-refractivity contribution < 1.29 is 4.42 Å². The number of furan rings is 1. The number of hydrogen-bond acceptors (Lipinski definition) is 4. The van der Waals surface area contributed by atoms with Gasteiger partial charge < -0.3 is 8.98 Å². The SMILES string of the molecule is c1ccc(-c2nc(-c3ccccc3)nc(-c3cccc4oc5ccc(-c6ccc7c(c6)c6ccccc6n7-c6ccc7ccc8ccccc8c7c6)cc5c34)n2)cc1. The van der Waals surface area contributed by atoms with Gasteiger partial charge in [-0.15, -0.1) is 0 Å². The van der Waals surface area contributed by atoms with Crippen LogP contribution < -0.4 is 0 Å². The van der Waals surface area contributed by atoms with E-state index in [2.05, 4.69) is 126 Å². The highest BCUT2D eigenvalue weighted by atomic mass is 16.3. The van der Waals surface area contributed by atoms with Gasteiger partial charge in [-0.3, -0.25) is 0 Å². The average Bonchev–Trinajstić information content (AvgIpc) is 3.84. The Hall–Kier alpha value is -7.89. The van der Waals surface area contributed by atoms with Crippen molar-refractivity contribution in [3.8, 4) is 51.0 Å². The van der Waals surface area contributed by atoms with E-state index in [1.807, 2.05) is 72.8 Å². The lowest BCUT2D eigenvalue weighted by Gasteiger charge is -2.11. The van der Waals surface area contributed by atoms with Gasteiger partial charge >= 0.3 is 0 Å². The number of benzene rings is 9. The smallest absolute Gasteiger partial charge is 0.164 e. The van der Waals surface area contributed by atoms with E-state index in [1.165, 1.54) is 43.4 Å². The maximum absolute atomic E-state index is 6.50. The summed E-state index contributed by atoms with van der Waals surface area (Å²) in [5.41, 5.74) is 10.1. The van der Waals surface area contributed by atoms with E-state index in [-0.39, 0.29) is 0 Å². The topological polar surface area (TPSA) is 56.7 Å². The van der Waals surface area contributed by atoms with Crippen LogP contribution in [0.25, 0.3) is 116 Å².